The second kappa shape index (κ2) is 5.61. The maximum Gasteiger partial charge on any atom is 0.246 e. The Hall–Kier alpha value is -0.500. The summed E-state index contributed by atoms with van der Waals surface area (Å²) < 4.78 is 41.2. The van der Waals surface area contributed by atoms with Gasteiger partial charge in [-0.25, -0.2) is 12.8 Å². The fourth-order valence-electron chi connectivity index (χ4n) is 3.50. The van der Waals surface area contributed by atoms with Crippen LogP contribution in [0, 0.1) is 17.7 Å². The van der Waals surface area contributed by atoms with E-state index in [4.69, 9.17) is 5.73 Å². The number of hydrogen-bond acceptors (Lipinski definition) is 3. The fraction of sp³-hybridized carbons (Fsp3) is 0.571. The van der Waals surface area contributed by atoms with Crippen molar-refractivity contribution in [2.24, 2.45) is 17.6 Å². The highest BCUT2D eigenvalue weighted by molar-refractivity contribution is 9.10. The molecule has 7 heteroatoms. The lowest BCUT2D eigenvalue weighted by molar-refractivity contribution is 0.260. The summed E-state index contributed by atoms with van der Waals surface area (Å²) >= 11 is 3.14. The van der Waals surface area contributed by atoms with Crippen molar-refractivity contribution < 1.29 is 12.8 Å². The van der Waals surface area contributed by atoms with Crippen molar-refractivity contribution in [3.63, 3.8) is 0 Å². The Kier molecular flexibility index (Phi) is 4.11. The summed E-state index contributed by atoms with van der Waals surface area (Å²) in [4.78, 5) is -0.252. The highest BCUT2D eigenvalue weighted by Gasteiger charge is 2.43. The van der Waals surface area contributed by atoms with Crippen LogP contribution >= 0.6 is 15.9 Å². The van der Waals surface area contributed by atoms with Gasteiger partial charge in [-0.3, -0.25) is 0 Å². The first-order chi connectivity index (χ1) is 9.89. The molecule has 1 aromatic carbocycles. The van der Waals surface area contributed by atoms with Crippen LogP contribution in [0.4, 0.5) is 4.39 Å². The van der Waals surface area contributed by atoms with Crippen molar-refractivity contribution in [2.45, 2.75) is 30.2 Å². The van der Waals surface area contributed by atoms with Crippen molar-refractivity contribution in [1.82, 2.24) is 4.31 Å². The van der Waals surface area contributed by atoms with Crippen LogP contribution in [0.25, 0.3) is 0 Å². The molecule has 1 aliphatic carbocycles. The Morgan fingerprint density at radius 2 is 2.05 bits per heavy atom. The van der Waals surface area contributed by atoms with Gasteiger partial charge in [-0.05, 0) is 42.9 Å². The third-order valence-electron chi connectivity index (χ3n) is 4.63. The largest absolute Gasteiger partial charge is 0.327 e. The molecule has 4 nitrogen and oxygen atoms in total. The van der Waals surface area contributed by atoms with E-state index in [0.29, 0.717) is 23.5 Å². The molecule has 0 bridgehead atoms. The van der Waals surface area contributed by atoms with E-state index in [-0.39, 0.29) is 16.9 Å². The van der Waals surface area contributed by atoms with Crippen LogP contribution < -0.4 is 5.73 Å². The Morgan fingerprint density at radius 1 is 1.29 bits per heavy atom. The molecule has 21 heavy (non-hydrogen) atoms. The predicted molar refractivity (Wildman–Crippen MR) is 81.7 cm³/mol. The zero-order valence-corrected chi connectivity index (χ0v) is 13.9. The third-order valence-corrected chi connectivity index (χ3v) is 6.99. The quantitative estimate of drug-likeness (QED) is 0.861. The highest BCUT2D eigenvalue weighted by atomic mass is 79.9. The van der Waals surface area contributed by atoms with E-state index >= 15 is 0 Å². The maximum absolute atomic E-state index is 14.0. The number of rotatable bonds is 2. The van der Waals surface area contributed by atoms with E-state index in [2.05, 4.69) is 15.9 Å². The number of nitrogens with zero attached hydrogens (tertiary/aromatic N) is 1. The van der Waals surface area contributed by atoms with Crippen LogP contribution in [0.1, 0.15) is 19.3 Å². The topological polar surface area (TPSA) is 63.4 Å². The second-order valence-electron chi connectivity index (χ2n) is 5.92. The van der Waals surface area contributed by atoms with Gasteiger partial charge in [-0.15, -0.1) is 0 Å². The lowest BCUT2D eigenvalue weighted by Gasteiger charge is -2.29. The molecule has 0 aromatic heterocycles. The monoisotopic (exact) mass is 376 g/mol. The highest BCUT2D eigenvalue weighted by Crippen LogP contribution is 2.38. The molecule has 2 fully saturated rings. The van der Waals surface area contributed by atoms with Crippen LogP contribution in [-0.4, -0.2) is 31.9 Å². The average Bonchev–Trinajstić information content (AvgIpc) is 2.84. The van der Waals surface area contributed by atoms with Crippen molar-refractivity contribution in [3.8, 4) is 0 Å². The lowest BCUT2D eigenvalue weighted by atomic mass is 9.78. The molecule has 3 atom stereocenters. The Balaban J connectivity index is 1.89. The Labute approximate surface area is 132 Å². The van der Waals surface area contributed by atoms with Gasteiger partial charge in [0, 0.05) is 23.6 Å². The number of hydrogen-bond donors (Lipinski definition) is 1. The van der Waals surface area contributed by atoms with Crippen LogP contribution in [0.2, 0.25) is 0 Å². The van der Waals surface area contributed by atoms with E-state index in [9.17, 15) is 12.8 Å². The number of fused-ring (bicyclic) bond motifs is 1. The molecule has 1 saturated heterocycles. The van der Waals surface area contributed by atoms with Gasteiger partial charge < -0.3 is 5.73 Å². The number of benzene rings is 1. The number of halogens is 2. The normalized spacial score (nSPS) is 30.3. The van der Waals surface area contributed by atoms with Gasteiger partial charge in [-0.1, -0.05) is 22.4 Å². The van der Waals surface area contributed by atoms with Crippen molar-refractivity contribution in [1.29, 1.82) is 0 Å². The summed E-state index contributed by atoms with van der Waals surface area (Å²) in [6.07, 6.45) is 3.00. The van der Waals surface area contributed by atoms with Crippen LogP contribution in [-0.2, 0) is 10.0 Å². The molecule has 1 saturated carbocycles. The first-order valence-corrected chi connectivity index (χ1v) is 9.33. The molecule has 1 aromatic rings. The van der Waals surface area contributed by atoms with Gasteiger partial charge in [0.1, 0.15) is 10.7 Å². The van der Waals surface area contributed by atoms with E-state index in [1.807, 2.05) is 0 Å². The minimum atomic E-state index is -3.79. The summed E-state index contributed by atoms with van der Waals surface area (Å²) in [5.41, 5.74) is 6.11. The molecular formula is C14H18BrFN2O2S. The fourth-order valence-corrected chi connectivity index (χ4v) is 5.41. The second-order valence-corrected chi connectivity index (χ2v) is 8.74. The Bertz CT molecular complexity index is 652. The number of sulfonamides is 1. The summed E-state index contributed by atoms with van der Waals surface area (Å²) in [5, 5.41) is 0. The van der Waals surface area contributed by atoms with E-state index in [0.717, 1.165) is 19.3 Å². The van der Waals surface area contributed by atoms with Gasteiger partial charge in [0.05, 0.1) is 0 Å². The summed E-state index contributed by atoms with van der Waals surface area (Å²) in [6, 6.07) is 4.10. The van der Waals surface area contributed by atoms with E-state index in [1.165, 1.54) is 16.4 Å². The molecule has 0 amide bonds. The lowest BCUT2D eigenvalue weighted by Crippen LogP contribution is -2.38. The predicted octanol–water partition coefficient (Wildman–Crippen LogP) is 2.34. The van der Waals surface area contributed by atoms with Crippen molar-refractivity contribution in [2.75, 3.05) is 13.1 Å². The van der Waals surface area contributed by atoms with E-state index in [1.54, 1.807) is 6.07 Å². The zero-order chi connectivity index (χ0) is 15.2. The molecule has 2 N–H and O–H groups in total. The van der Waals surface area contributed by atoms with Gasteiger partial charge in [0.2, 0.25) is 10.0 Å². The molecule has 0 spiro atoms. The number of nitrogens with two attached hydrogens (primary N) is 1. The standard InChI is InChI=1S/C14H18BrFN2O2S/c15-10-4-5-14(12(16)6-10)21(19,20)18-7-9-2-1-3-13(17)11(9)8-18/h4-6,9,11,13H,1-3,7-8,17H2. The summed E-state index contributed by atoms with van der Waals surface area (Å²) in [7, 11) is -3.79. The molecule has 1 heterocycles. The third kappa shape index (κ3) is 2.76. The first kappa shape index (κ1) is 15.4. The van der Waals surface area contributed by atoms with Crippen LogP contribution in [0.15, 0.2) is 27.6 Å². The van der Waals surface area contributed by atoms with Gasteiger partial charge in [0.15, 0.2) is 0 Å². The van der Waals surface area contributed by atoms with Gasteiger partial charge in [-0.2, -0.15) is 4.31 Å². The van der Waals surface area contributed by atoms with Crippen molar-refractivity contribution in [3.05, 3.63) is 28.5 Å². The van der Waals surface area contributed by atoms with Gasteiger partial charge in [0.25, 0.3) is 0 Å². The minimum absolute atomic E-state index is 0.0544. The van der Waals surface area contributed by atoms with Gasteiger partial charge >= 0.3 is 0 Å². The summed E-state index contributed by atoms with van der Waals surface area (Å²) in [6.45, 7) is 0.861. The smallest absolute Gasteiger partial charge is 0.246 e. The summed E-state index contributed by atoms with van der Waals surface area (Å²) in [5.74, 6) is -0.211. The average molecular weight is 377 g/mol. The molecule has 3 unspecified atom stereocenters. The first-order valence-electron chi connectivity index (χ1n) is 7.10. The van der Waals surface area contributed by atoms with Crippen molar-refractivity contribution >= 4 is 26.0 Å². The van der Waals surface area contributed by atoms with Crippen LogP contribution in [0.5, 0.6) is 0 Å². The molecular weight excluding hydrogens is 359 g/mol. The maximum atomic E-state index is 14.0. The Morgan fingerprint density at radius 3 is 2.71 bits per heavy atom. The molecule has 3 rings (SSSR count). The molecule has 116 valence electrons. The van der Waals surface area contributed by atoms with E-state index < -0.39 is 15.8 Å². The SMILES string of the molecule is NC1CCCC2CN(S(=O)(=O)c3ccc(Br)cc3F)CC12. The molecule has 0 radical (unpaired) electrons. The minimum Gasteiger partial charge on any atom is -0.327 e. The van der Waals surface area contributed by atoms with Crippen LogP contribution in [0.3, 0.4) is 0 Å². The zero-order valence-electron chi connectivity index (χ0n) is 11.5. The molecule has 1 aliphatic heterocycles. The molecule has 2 aliphatic rings.